The predicted octanol–water partition coefficient (Wildman–Crippen LogP) is 1.03. The van der Waals surface area contributed by atoms with Crippen molar-refractivity contribution in [2.24, 2.45) is 0 Å². The summed E-state index contributed by atoms with van der Waals surface area (Å²) in [5.74, 6) is 0.0602. The lowest BCUT2D eigenvalue weighted by atomic mass is 10.0. The van der Waals surface area contributed by atoms with E-state index < -0.39 is 0 Å². The van der Waals surface area contributed by atoms with Gasteiger partial charge in [0.15, 0.2) is 0 Å². The number of amides is 1. The lowest BCUT2D eigenvalue weighted by Gasteiger charge is -2.31. The van der Waals surface area contributed by atoms with E-state index in [0.29, 0.717) is 6.42 Å². The third-order valence-electron chi connectivity index (χ3n) is 3.68. The van der Waals surface area contributed by atoms with Crippen LogP contribution in [-0.4, -0.2) is 38.3 Å². The Morgan fingerprint density at radius 2 is 2.26 bits per heavy atom. The Hall–Kier alpha value is -1.39. The molecule has 0 bridgehead atoms. The van der Waals surface area contributed by atoms with Gasteiger partial charge in [0, 0.05) is 13.7 Å². The Morgan fingerprint density at radius 1 is 1.47 bits per heavy atom. The summed E-state index contributed by atoms with van der Waals surface area (Å²) < 4.78 is 5.42. The molecule has 0 radical (unpaired) electrons. The smallest absolute Gasteiger partial charge is 0.224 e. The van der Waals surface area contributed by atoms with Crippen LogP contribution >= 0.6 is 0 Å². The predicted molar refractivity (Wildman–Crippen MR) is 75.1 cm³/mol. The van der Waals surface area contributed by atoms with Gasteiger partial charge in [0.1, 0.15) is 0 Å². The van der Waals surface area contributed by atoms with Crippen LogP contribution < -0.4 is 10.6 Å². The molecule has 1 amide bonds. The molecule has 4 heteroatoms. The number of rotatable bonds is 4. The summed E-state index contributed by atoms with van der Waals surface area (Å²) in [6.07, 6.45) is 1.48. The molecule has 2 rings (SSSR count). The summed E-state index contributed by atoms with van der Waals surface area (Å²) in [5.41, 5.74) is 2.24. The highest BCUT2D eigenvalue weighted by Crippen LogP contribution is 2.10. The maximum absolute atomic E-state index is 12.1. The third-order valence-corrected chi connectivity index (χ3v) is 3.68. The van der Waals surface area contributed by atoms with Crippen LogP contribution in [-0.2, 0) is 16.0 Å². The minimum absolute atomic E-state index is 0.0602. The summed E-state index contributed by atoms with van der Waals surface area (Å²) in [4.78, 5) is 12.1. The molecule has 104 valence electrons. The molecule has 1 aromatic carbocycles. The molecule has 0 unspecified atom stereocenters. The second-order valence-corrected chi connectivity index (χ2v) is 5.04. The molecular weight excluding hydrogens is 240 g/mol. The minimum atomic E-state index is 0.0602. The van der Waals surface area contributed by atoms with Crippen LogP contribution in [0, 0.1) is 6.92 Å². The van der Waals surface area contributed by atoms with E-state index >= 15 is 0 Å². The number of aryl methyl sites for hydroxylation is 1. The summed E-state index contributed by atoms with van der Waals surface area (Å²) in [7, 11) is 1.70. The normalized spacial score (nSPS) is 23.1. The number of hydrogen-bond donors (Lipinski definition) is 2. The van der Waals surface area contributed by atoms with Crippen molar-refractivity contribution < 1.29 is 9.53 Å². The first kappa shape index (κ1) is 14.0. The van der Waals surface area contributed by atoms with E-state index in [4.69, 9.17) is 4.74 Å². The SMILES string of the molecule is CO[C@@H]1CCNC[C@@H]1NC(=O)Cc1ccccc1C. The van der Waals surface area contributed by atoms with Gasteiger partial charge in [0.25, 0.3) is 0 Å². The molecule has 4 nitrogen and oxygen atoms in total. The van der Waals surface area contributed by atoms with E-state index in [2.05, 4.69) is 10.6 Å². The van der Waals surface area contributed by atoms with Gasteiger partial charge in [-0.1, -0.05) is 24.3 Å². The van der Waals surface area contributed by atoms with Crippen LogP contribution in [0.3, 0.4) is 0 Å². The van der Waals surface area contributed by atoms with E-state index in [9.17, 15) is 4.79 Å². The maximum atomic E-state index is 12.1. The zero-order valence-corrected chi connectivity index (χ0v) is 11.6. The minimum Gasteiger partial charge on any atom is -0.379 e. The number of hydrogen-bond acceptors (Lipinski definition) is 3. The average molecular weight is 262 g/mol. The molecule has 2 atom stereocenters. The summed E-state index contributed by atoms with van der Waals surface area (Å²) in [6, 6.07) is 8.05. The third kappa shape index (κ3) is 3.78. The lowest BCUT2D eigenvalue weighted by Crippen LogP contribution is -2.54. The monoisotopic (exact) mass is 262 g/mol. The first-order chi connectivity index (χ1) is 9.20. The average Bonchev–Trinajstić information content (AvgIpc) is 2.42. The summed E-state index contributed by atoms with van der Waals surface area (Å²) in [5, 5.41) is 6.35. The van der Waals surface area contributed by atoms with Gasteiger partial charge in [-0.25, -0.2) is 0 Å². The van der Waals surface area contributed by atoms with Crippen molar-refractivity contribution in [2.45, 2.75) is 31.9 Å². The maximum Gasteiger partial charge on any atom is 0.224 e. The molecule has 0 saturated carbocycles. The van der Waals surface area contributed by atoms with Gasteiger partial charge in [-0.3, -0.25) is 4.79 Å². The Balaban J connectivity index is 1.92. The Kier molecular flexibility index (Phi) is 4.93. The van der Waals surface area contributed by atoms with Gasteiger partial charge in [-0.15, -0.1) is 0 Å². The molecule has 1 fully saturated rings. The van der Waals surface area contributed by atoms with Gasteiger partial charge in [-0.2, -0.15) is 0 Å². The van der Waals surface area contributed by atoms with E-state index in [1.807, 2.05) is 31.2 Å². The molecule has 1 aliphatic heterocycles. The highest BCUT2D eigenvalue weighted by Gasteiger charge is 2.26. The highest BCUT2D eigenvalue weighted by atomic mass is 16.5. The number of ether oxygens (including phenoxy) is 1. The van der Waals surface area contributed by atoms with E-state index in [0.717, 1.165) is 30.6 Å². The van der Waals surface area contributed by atoms with Crippen molar-refractivity contribution in [2.75, 3.05) is 20.2 Å². The Bertz CT molecular complexity index is 434. The first-order valence-electron chi connectivity index (χ1n) is 6.78. The Labute approximate surface area is 114 Å². The van der Waals surface area contributed by atoms with Crippen molar-refractivity contribution in [1.82, 2.24) is 10.6 Å². The number of benzene rings is 1. The molecule has 1 saturated heterocycles. The van der Waals surface area contributed by atoms with Crippen molar-refractivity contribution in [3.63, 3.8) is 0 Å². The van der Waals surface area contributed by atoms with Gasteiger partial charge in [-0.05, 0) is 31.0 Å². The molecule has 0 aliphatic carbocycles. The van der Waals surface area contributed by atoms with Crippen molar-refractivity contribution in [3.05, 3.63) is 35.4 Å². The molecule has 0 aromatic heterocycles. The second-order valence-electron chi connectivity index (χ2n) is 5.04. The topological polar surface area (TPSA) is 50.4 Å². The van der Waals surface area contributed by atoms with E-state index in [1.54, 1.807) is 7.11 Å². The van der Waals surface area contributed by atoms with Gasteiger partial charge in [0.05, 0.1) is 18.6 Å². The largest absolute Gasteiger partial charge is 0.379 e. The molecular formula is C15H22N2O2. The van der Waals surface area contributed by atoms with Crippen LogP contribution in [0.5, 0.6) is 0 Å². The molecule has 1 aliphatic rings. The van der Waals surface area contributed by atoms with Gasteiger partial charge in [0.2, 0.25) is 5.91 Å². The van der Waals surface area contributed by atoms with Crippen LogP contribution in [0.1, 0.15) is 17.5 Å². The van der Waals surface area contributed by atoms with Crippen LogP contribution in [0.25, 0.3) is 0 Å². The number of carbonyl (C=O) groups excluding carboxylic acids is 1. The van der Waals surface area contributed by atoms with E-state index in [-0.39, 0.29) is 18.1 Å². The zero-order chi connectivity index (χ0) is 13.7. The standard InChI is InChI=1S/C15H22N2O2/c1-11-5-3-4-6-12(11)9-15(18)17-13-10-16-8-7-14(13)19-2/h3-6,13-14,16H,7-10H2,1-2H3,(H,17,18)/t13-,14+/m0/s1. The summed E-state index contributed by atoms with van der Waals surface area (Å²) in [6.45, 7) is 3.75. The lowest BCUT2D eigenvalue weighted by molar-refractivity contribution is -0.122. The molecule has 0 spiro atoms. The van der Waals surface area contributed by atoms with Crippen molar-refractivity contribution >= 4 is 5.91 Å². The summed E-state index contributed by atoms with van der Waals surface area (Å²) >= 11 is 0. The number of methoxy groups -OCH3 is 1. The van der Waals surface area contributed by atoms with E-state index in [1.165, 1.54) is 0 Å². The fourth-order valence-electron chi connectivity index (χ4n) is 2.50. The van der Waals surface area contributed by atoms with Crippen molar-refractivity contribution in [3.8, 4) is 0 Å². The van der Waals surface area contributed by atoms with Crippen LogP contribution in [0.2, 0.25) is 0 Å². The van der Waals surface area contributed by atoms with Crippen LogP contribution in [0.4, 0.5) is 0 Å². The highest BCUT2D eigenvalue weighted by molar-refractivity contribution is 5.79. The second kappa shape index (κ2) is 6.68. The molecule has 1 heterocycles. The fraction of sp³-hybridized carbons (Fsp3) is 0.533. The number of piperidine rings is 1. The molecule has 2 N–H and O–H groups in total. The molecule has 19 heavy (non-hydrogen) atoms. The quantitative estimate of drug-likeness (QED) is 0.852. The van der Waals surface area contributed by atoms with Gasteiger partial charge < -0.3 is 15.4 Å². The molecule has 1 aromatic rings. The zero-order valence-electron chi connectivity index (χ0n) is 11.6. The Morgan fingerprint density at radius 3 is 3.00 bits per heavy atom. The van der Waals surface area contributed by atoms with Gasteiger partial charge >= 0.3 is 0 Å². The number of carbonyl (C=O) groups is 1. The first-order valence-corrected chi connectivity index (χ1v) is 6.78. The van der Waals surface area contributed by atoms with Crippen LogP contribution in [0.15, 0.2) is 24.3 Å². The number of nitrogens with one attached hydrogen (secondary N) is 2. The van der Waals surface area contributed by atoms with Crippen molar-refractivity contribution in [1.29, 1.82) is 0 Å². The fourth-order valence-corrected chi connectivity index (χ4v) is 2.50.